The lowest BCUT2D eigenvalue weighted by molar-refractivity contribution is 0.360. The van der Waals surface area contributed by atoms with Gasteiger partial charge in [0.25, 0.3) is 0 Å². The Balaban J connectivity index is 1.94. The van der Waals surface area contributed by atoms with Gasteiger partial charge in [0.2, 0.25) is 0 Å². The maximum atomic E-state index is 9.64. The molecule has 6 nitrogen and oxygen atoms in total. The normalized spacial score (nSPS) is 12.3. The van der Waals surface area contributed by atoms with Crippen LogP contribution in [0.4, 0.5) is 0 Å². The third-order valence-electron chi connectivity index (χ3n) is 3.75. The fourth-order valence-electron chi connectivity index (χ4n) is 2.49. The standard InChI is InChI=1S/C17H21O6P/c1-11(2-3-12-4-6-14(18)16(20)9-12)8-13-5-7-15(19)17(10-13)23-24(21)22/h4-7,9-11,18-22H,2-3,8H2,1H3. The first kappa shape index (κ1) is 18.3. The Hall–Kier alpha value is -2.01. The van der Waals surface area contributed by atoms with Crippen LogP contribution in [-0.2, 0) is 12.8 Å². The van der Waals surface area contributed by atoms with Crippen molar-refractivity contribution in [3.63, 3.8) is 0 Å². The van der Waals surface area contributed by atoms with Gasteiger partial charge < -0.3 is 29.6 Å². The van der Waals surface area contributed by atoms with Crippen LogP contribution in [0.15, 0.2) is 36.4 Å². The molecular formula is C17H21O6P. The number of aryl methyl sites for hydroxylation is 1. The minimum atomic E-state index is -2.57. The lowest BCUT2D eigenvalue weighted by Gasteiger charge is -2.14. The molecule has 2 aromatic rings. The van der Waals surface area contributed by atoms with Crippen molar-refractivity contribution in [2.24, 2.45) is 5.92 Å². The maximum absolute atomic E-state index is 9.64. The van der Waals surface area contributed by atoms with Crippen molar-refractivity contribution in [2.45, 2.75) is 26.2 Å². The zero-order valence-corrected chi connectivity index (χ0v) is 14.1. The first-order valence-electron chi connectivity index (χ1n) is 7.53. The van der Waals surface area contributed by atoms with Crippen molar-refractivity contribution in [3.8, 4) is 23.0 Å². The molecule has 0 saturated carbocycles. The van der Waals surface area contributed by atoms with Crippen molar-refractivity contribution in [1.29, 1.82) is 0 Å². The Morgan fingerprint density at radius 1 is 0.917 bits per heavy atom. The summed E-state index contributed by atoms with van der Waals surface area (Å²) in [4.78, 5) is 17.8. The summed E-state index contributed by atoms with van der Waals surface area (Å²) < 4.78 is 4.80. The minimum Gasteiger partial charge on any atom is -0.504 e. The van der Waals surface area contributed by atoms with Crippen molar-refractivity contribution in [2.75, 3.05) is 0 Å². The first-order valence-corrected chi connectivity index (χ1v) is 8.70. The van der Waals surface area contributed by atoms with Gasteiger partial charge in [-0.1, -0.05) is 19.1 Å². The highest BCUT2D eigenvalue weighted by atomic mass is 31.2. The molecule has 0 amide bonds. The monoisotopic (exact) mass is 352 g/mol. The van der Waals surface area contributed by atoms with Crippen LogP contribution in [0.25, 0.3) is 0 Å². The molecule has 1 unspecified atom stereocenters. The minimum absolute atomic E-state index is 0.0549. The number of phenols is 3. The molecule has 0 aromatic heterocycles. The Bertz CT molecular complexity index is 689. The Morgan fingerprint density at radius 3 is 2.25 bits per heavy atom. The topological polar surface area (TPSA) is 110 Å². The van der Waals surface area contributed by atoms with E-state index in [1.807, 2.05) is 0 Å². The van der Waals surface area contributed by atoms with Gasteiger partial charge in [-0.15, -0.1) is 0 Å². The third-order valence-corrected chi connectivity index (χ3v) is 4.11. The SMILES string of the molecule is CC(CCc1ccc(O)c(O)c1)Cc1ccc(O)c(OP(O)O)c1. The van der Waals surface area contributed by atoms with Crippen LogP contribution in [0.5, 0.6) is 23.0 Å². The van der Waals surface area contributed by atoms with Crippen molar-refractivity contribution >= 4 is 8.60 Å². The highest BCUT2D eigenvalue weighted by Gasteiger charge is 2.11. The third kappa shape index (κ3) is 5.27. The van der Waals surface area contributed by atoms with Crippen molar-refractivity contribution < 1.29 is 29.6 Å². The predicted molar refractivity (Wildman–Crippen MR) is 91.1 cm³/mol. The van der Waals surface area contributed by atoms with Gasteiger partial charge in [0.05, 0.1) is 0 Å². The highest BCUT2D eigenvalue weighted by molar-refractivity contribution is 7.39. The van der Waals surface area contributed by atoms with Crippen LogP contribution in [0.1, 0.15) is 24.5 Å². The van der Waals surface area contributed by atoms with Gasteiger partial charge >= 0.3 is 8.60 Å². The quantitative estimate of drug-likeness (QED) is 0.387. The van der Waals surface area contributed by atoms with E-state index in [1.54, 1.807) is 24.3 Å². The molecule has 5 N–H and O–H groups in total. The van der Waals surface area contributed by atoms with Gasteiger partial charge in [0.1, 0.15) is 0 Å². The van der Waals surface area contributed by atoms with E-state index in [-0.39, 0.29) is 23.0 Å². The summed E-state index contributed by atoms with van der Waals surface area (Å²) in [7, 11) is -2.57. The second-order valence-corrected chi connectivity index (χ2v) is 6.51. The van der Waals surface area contributed by atoms with Gasteiger partial charge in [-0.3, -0.25) is 0 Å². The molecule has 0 radical (unpaired) electrons. The Morgan fingerprint density at radius 2 is 1.58 bits per heavy atom. The summed E-state index contributed by atoms with van der Waals surface area (Å²) in [6.45, 7) is 2.08. The fraction of sp³-hybridized carbons (Fsp3) is 0.294. The molecule has 1 atom stereocenters. The number of rotatable bonds is 7. The summed E-state index contributed by atoms with van der Waals surface area (Å²) in [5.74, 6) is -0.00919. The second kappa shape index (κ2) is 8.20. The van der Waals surface area contributed by atoms with E-state index in [9.17, 15) is 15.3 Å². The maximum Gasteiger partial charge on any atom is 0.391 e. The first-order chi connectivity index (χ1) is 11.3. The van der Waals surface area contributed by atoms with E-state index in [1.165, 1.54) is 12.1 Å². The van der Waals surface area contributed by atoms with Crippen molar-refractivity contribution in [3.05, 3.63) is 47.5 Å². The lowest BCUT2D eigenvalue weighted by atomic mass is 9.94. The largest absolute Gasteiger partial charge is 0.504 e. The number of phenolic OH excluding ortho intramolecular Hbond substituents is 3. The predicted octanol–water partition coefficient (Wildman–Crippen LogP) is 3.21. The van der Waals surface area contributed by atoms with Gasteiger partial charge in [-0.25, -0.2) is 0 Å². The van der Waals surface area contributed by atoms with E-state index in [2.05, 4.69) is 6.92 Å². The molecule has 0 heterocycles. The van der Waals surface area contributed by atoms with E-state index in [4.69, 9.17) is 14.3 Å². The molecule has 0 saturated heterocycles. The number of hydrogen-bond donors (Lipinski definition) is 5. The highest BCUT2D eigenvalue weighted by Crippen LogP contribution is 2.36. The Kier molecular flexibility index (Phi) is 6.26. The molecule has 0 fully saturated rings. The number of aromatic hydroxyl groups is 3. The van der Waals surface area contributed by atoms with Crippen LogP contribution in [0, 0.1) is 5.92 Å². The zero-order valence-electron chi connectivity index (χ0n) is 13.3. The molecular weight excluding hydrogens is 331 g/mol. The molecule has 0 spiro atoms. The number of hydrogen-bond acceptors (Lipinski definition) is 6. The molecule has 2 rings (SSSR count). The molecule has 130 valence electrons. The molecule has 7 heteroatoms. The van der Waals surface area contributed by atoms with Crippen LogP contribution in [0.3, 0.4) is 0 Å². The summed E-state index contributed by atoms with van der Waals surface area (Å²) in [6.07, 6.45) is 2.36. The van der Waals surface area contributed by atoms with Gasteiger partial charge in [-0.2, -0.15) is 0 Å². The number of benzene rings is 2. The van der Waals surface area contributed by atoms with Crippen LogP contribution < -0.4 is 4.52 Å². The fourth-order valence-corrected chi connectivity index (χ4v) is 2.81. The summed E-state index contributed by atoms with van der Waals surface area (Å²) >= 11 is 0. The van der Waals surface area contributed by atoms with Crippen LogP contribution in [0.2, 0.25) is 0 Å². The van der Waals surface area contributed by atoms with E-state index < -0.39 is 8.60 Å². The summed E-state index contributed by atoms with van der Waals surface area (Å²) in [5.41, 5.74) is 1.86. The smallest absolute Gasteiger partial charge is 0.391 e. The van der Waals surface area contributed by atoms with E-state index in [0.29, 0.717) is 5.92 Å². The molecule has 2 aromatic carbocycles. The van der Waals surface area contributed by atoms with E-state index >= 15 is 0 Å². The van der Waals surface area contributed by atoms with Crippen molar-refractivity contribution in [1.82, 2.24) is 0 Å². The molecule has 24 heavy (non-hydrogen) atoms. The van der Waals surface area contributed by atoms with Gasteiger partial charge in [0.15, 0.2) is 23.0 Å². The zero-order chi connectivity index (χ0) is 17.7. The molecule has 0 aliphatic rings. The van der Waals surface area contributed by atoms with Gasteiger partial charge in [0, 0.05) is 0 Å². The van der Waals surface area contributed by atoms with Crippen LogP contribution >= 0.6 is 8.60 Å². The Labute approximate surface area is 141 Å². The van der Waals surface area contributed by atoms with Gasteiger partial charge in [-0.05, 0) is 60.6 Å². The molecule has 0 aliphatic carbocycles. The van der Waals surface area contributed by atoms with Crippen LogP contribution in [-0.4, -0.2) is 25.1 Å². The average molecular weight is 352 g/mol. The van der Waals surface area contributed by atoms with E-state index in [0.717, 1.165) is 30.4 Å². The molecule has 0 aliphatic heterocycles. The average Bonchev–Trinajstić information content (AvgIpc) is 2.51. The lowest BCUT2D eigenvalue weighted by Crippen LogP contribution is -2.02. The molecule has 0 bridgehead atoms. The second-order valence-electron chi connectivity index (χ2n) is 5.82. The summed E-state index contributed by atoms with van der Waals surface area (Å²) in [6, 6.07) is 9.63. The summed E-state index contributed by atoms with van der Waals surface area (Å²) in [5, 5.41) is 28.4.